The number of rotatable bonds is 10. The lowest BCUT2D eigenvalue weighted by molar-refractivity contribution is -0.118. The molecule has 0 spiro atoms. The topological polar surface area (TPSA) is 141 Å². The zero-order chi connectivity index (χ0) is 23.6. The molecule has 0 unspecified atom stereocenters. The highest BCUT2D eigenvalue weighted by atomic mass is 35.5. The van der Waals surface area contributed by atoms with Crippen molar-refractivity contribution in [3.8, 4) is 17.3 Å². The first-order chi connectivity index (χ1) is 15.9. The van der Waals surface area contributed by atoms with Crippen LogP contribution in [0.5, 0.6) is 5.88 Å². The third-order valence-electron chi connectivity index (χ3n) is 4.36. The molecule has 33 heavy (non-hydrogen) atoms. The van der Waals surface area contributed by atoms with Gasteiger partial charge in [0, 0.05) is 50.9 Å². The minimum atomic E-state index is -0.489. The molecule has 11 heteroatoms. The summed E-state index contributed by atoms with van der Waals surface area (Å²) in [5.41, 5.74) is 0.852. The SMILES string of the molecule is CC(=O)NCCNc1cc(NCCNC(=O)c2cc(Cl)cnc2O)nc(-c2ccccc2)n1. The van der Waals surface area contributed by atoms with Crippen molar-refractivity contribution in [1.29, 1.82) is 0 Å². The molecule has 3 aromatic rings. The normalized spacial score (nSPS) is 10.4. The van der Waals surface area contributed by atoms with Crippen molar-refractivity contribution >= 4 is 35.1 Å². The van der Waals surface area contributed by atoms with E-state index in [-0.39, 0.29) is 28.9 Å². The lowest BCUT2D eigenvalue weighted by atomic mass is 10.2. The van der Waals surface area contributed by atoms with Crippen molar-refractivity contribution in [2.75, 3.05) is 36.8 Å². The second-order valence-electron chi connectivity index (χ2n) is 6.95. The van der Waals surface area contributed by atoms with E-state index < -0.39 is 5.91 Å². The number of hydrogen-bond acceptors (Lipinski definition) is 8. The molecule has 2 heterocycles. The Morgan fingerprint density at radius 2 is 1.58 bits per heavy atom. The van der Waals surface area contributed by atoms with Gasteiger partial charge in [-0.15, -0.1) is 0 Å². The van der Waals surface area contributed by atoms with Crippen LogP contribution in [0.3, 0.4) is 0 Å². The van der Waals surface area contributed by atoms with Crippen LogP contribution < -0.4 is 21.3 Å². The van der Waals surface area contributed by atoms with E-state index in [1.807, 2.05) is 30.3 Å². The molecule has 2 amide bonds. The predicted molar refractivity (Wildman–Crippen MR) is 126 cm³/mol. The maximum absolute atomic E-state index is 12.3. The molecule has 0 aliphatic carbocycles. The minimum Gasteiger partial charge on any atom is -0.493 e. The average molecular weight is 470 g/mol. The van der Waals surface area contributed by atoms with Crippen LogP contribution >= 0.6 is 11.6 Å². The van der Waals surface area contributed by atoms with Crippen molar-refractivity contribution in [2.24, 2.45) is 0 Å². The first-order valence-corrected chi connectivity index (χ1v) is 10.6. The summed E-state index contributed by atoms with van der Waals surface area (Å²) in [5.74, 6) is 0.709. The Balaban J connectivity index is 1.63. The predicted octanol–water partition coefficient (Wildman–Crippen LogP) is 2.29. The van der Waals surface area contributed by atoms with E-state index in [2.05, 4.69) is 36.2 Å². The van der Waals surface area contributed by atoms with Crippen LogP contribution in [-0.2, 0) is 4.79 Å². The van der Waals surface area contributed by atoms with E-state index in [4.69, 9.17) is 11.6 Å². The standard InChI is InChI=1S/C22H24ClN7O3/c1-14(31)24-7-8-25-18-12-19(30-20(29-18)15-5-3-2-4-6-15)26-9-10-27-21(32)17-11-16(23)13-28-22(17)33/h2-6,11-13H,7-10H2,1H3,(H,24,31)(H,27,32)(H,28,33)(H2,25,26,29,30). The number of nitrogens with zero attached hydrogens (tertiary/aromatic N) is 3. The molecule has 0 aliphatic rings. The fourth-order valence-electron chi connectivity index (χ4n) is 2.83. The number of aromatic hydroxyl groups is 1. The van der Waals surface area contributed by atoms with Crippen LogP contribution in [0.1, 0.15) is 17.3 Å². The van der Waals surface area contributed by atoms with E-state index in [1.54, 1.807) is 6.07 Å². The third kappa shape index (κ3) is 7.32. The van der Waals surface area contributed by atoms with Crippen molar-refractivity contribution in [2.45, 2.75) is 6.92 Å². The van der Waals surface area contributed by atoms with Crippen LogP contribution in [-0.4, -0.2) is 58.1 Å². The van der Waals surface area contributed by atoms with Gasteiger partial charge in [0.2, 0.25) is 11.8 Å². The summed E-state index contributed by atoms with van der Waals surface area (Å²) in [6.07, 6.45) is 1.26. The average Bonchev–Trinajstić information content (AvgIpc) is 2.81. The van der Waals surface area contributed by atoms with Crippen LogP contribution in [0.2, 0.25) is 5.02 Å². The fraction of sp³-hybridized carbons (Fsp3) is 0.227. The summed E-state index contributed by atoms with van der Waals surface area (Å²) in [5, 5.41) is 21.7. The van der Waals surface area contributed by atoms with Crippen LogP contribution in [0, 0.1) is 0 Å². The smallest absolute Gasteiger partial charge is 0.256 e. The van der Waals surface area contributed by atoms with Gasteiger partial charge in [0.05, 0.1) is 5.02 Å². The van der Waals surface area contributed by atoms with Gasteiger partial charge in [-0.25, -0.2) is 15.0 Å². The summed E-state index contributed by atoms with van der Waals surface area (Å²) in [4.78, 5) is 36.0. The molecular formula is C22H24ClN7O3. The molecule has 0 aliphatic heterocycles. The van der Waals surface area contributed by atoms with Gasteiger partial charge in [0.25, 0.3) is 5.91 Å². The van der Waals surface area contributed by atoms with Gasteiger partial charge in [-0.3, -0.25) is 9.59 Å². The Morgan fingerprint density at radius 1 is 0.939 bits per heavy atom. The van der Waals surface area contributed by atoms with E-state index >= 15 is 0 Å². The maximum Gasteiger partial charge on any atom is 0.256 e. The van der Waals surface area contributed by atoms with E-state index in [0.29, 0.717) is 37.1 Å². The van der Waals surface area contributed by atoms with Crippen LogP contribution in [0.4, 0.5) is 11.6 Å². The summed E-state index contributed by atoms with van der Waals surface area (Å²) < 4.78 is 0. The van der Waals surface area contributed by atoms with E-state index in [0.717, 1.165) is 5.56 Å². The Morgan fingerprint density at radius 3 is 2.21 bits per heavy atom. The number of carbonyl (C=O) groups excluding carboxylic acids is 2. The highest BCUT2D eigenvalue weighted by Gasteiger charge is 2.13. The molecule has 3 rings (SSSR count). The van der Waals surface area contributed by atoms with Crippen molar-refractivity contribution in [3.63, 3.8) is 0 Å². The summed E-state index contributed by atoms with van der Waals surface area (Å²) >= 11 is 5.84. The minimum absolute atomic E-state index is 0.00144. The number of pyridine rings is 1. The van der Waals surface area contributed by atoms with Gasteiger partial charge in [0.1, 0.15) is 17.2 Å². The molecule has 10 nitrogen and oxygen atoms in total. The van der Waals surface area contributed by atoms with Crippen molar-refractivity contribution < 1.29 is 14.7 Å². The molecular weight excluding hydrogens is 446 g/mol. The molecule has 0 atom stereocenters. The summed E-state index contributed by atoms with van der Waals surface area (Å²) in [6, 6.07) is 12.6. The Kier molecular flexibility index (Phi) is 8.36. The molecule has 1 aromatic carbocycles. The van der Waals surface area contributed by atoms with E-state index in [1.165, 1.54) is 19.2 Å². The zero-order valence-electron chi connectivity index (χ0n) is 17.9. The van der Waals surface area contributed by atoms with Crippen molar-refractivity contribution in [3.05, 3.63) is 59.2 Å². The molecule has 5 N–H and O–H groups in total. The number of anilines is 2. The van der Waals surface area contributed by atoms with Gasteiger partial charge < -0.3 is 26.4 Å². The number of aromatic nitrogens is 3. The highest BCUT2D eigenvalue weighted by molar-refractivity contribution is 6.30. The molecule has 2 aromatic heterocycles. The van der Waals surface area contributed by atoms with Crippen molar-refractivity contribution in [1.82, 2.24) is 25.6 Å². The molecule has 0 fully saturated rings. The first kappa shape index (κ1) is 23.7. The molecule has 0 saturated carbocycles. The Bertz CT molecular complexity index is 1110. The van der Waals surface area contributed by atoms with Crippen LogP contribution in [0.15, 0.2) is 48.7 Å². The van der Waals surface area contributed by atoms with Gasteiger partial charge in [-0.05, 0) is 6.07 Å². The second-order valence-corrected chi connectivity index (χ2v) is 7.38. The quantitative estimate of drug-likeness (QED) is 0.285. The highest BCUT2D eigenvalue weighted by Crippen LogP contribution is 2.20. The van der Waals surface area contributed by atoms with Gasteiger partial charge >= 0.3 is 0 Å². The lowest BCUT2D eigenvalue weighted by Gasteiger charge is -2.12. The van der Waals surface area contributed by atoms with Gasteiger partial charge in [-0.1, -0.05) is 41.9 Å². The molecule has 0 radical (unpaired) electrons. The zero-order valence-corrected chi connectivity index (χ0v) is 18.7. The number of amides is 2. The number of carbonyl (C=O) groups is 2. The fourth-order valence-corrected chi connectivity index (χ4v) is 2.99. The Labute approximate surface area is 195 Å². The van der Waals surface area contributed by atoms with Gasteiger partial charge in [-0.2, -0.15) is 0 Å². The van der Waals surface area contributed by atoms with Gasteiger partial charge in [0.15, 0.2) is 5.82 Å². The number of hydrogen-bond donors (Lipinski definition) is 5. The molecule has 172 valence electrons. The Hall–Kier alpha value is -3.92. The first-order valence-electron chi connectivity index (χ1n) is 10.2. The molecule has 0 bridgehead atoms. The van der Waals surface area contributed by atoms with E-state index in [9.17, 15) is 14.7 Å². The molecule has 0 saturated heterocycles. The maximum atomic E-state index is 12.3. The third-order valence-corrected chi connectivity index (χ3v) is 4.56. The number of nitrogens with one attached hydrogen (secondary N) is 4. The summed E-state index contributed by atoms with van der Waals surface area (Å²) in [6.45, 7) is 3.05. The second kappa shape index (κ2) is 11.6. The monoisotopic (exact) mass is 469 g/mol. The lowest BCUT2D eigenvalue weighted by Crippen LogP contribution is -2.29. The number of benzene rings is 1. The largest absolute Gasteiger partial charge is 0.493 e. The summed E-state index contributed by atoms with van der Waals surface area (Å²) in [7, 11) is 0. The van der Waals surface area contributed by atoms with Crippen LogP contribution in [0.25, 0.3) is 11.4 Å². The number of halogens is 1.